The monoisotopic (exact) mass is 178 g/mol. The van der Waals surface area contributed by atoms with Crippen molar-refractivity contribution in [3.05, 3.63) is 18.3 Å². The van der Waals surface area contributed by atoms with Crippen molar-refractivity contribution in [1.29, 1.82) is 0 Å². The third-order valence-corrected chi connectivity index (χ3v) is 1.75. The lowest BCUT2D eigenvalue weighted by atomic mass is 10.3. The van der Waals surface area contributed by atoms with Crippen LogP contribution in [0.2, 0.25) is 0 Å². The lowest BCUT2D eigenvalue weighted by Crippen LogP contribution is -1.93. The van der Waals surface area contributed by atoms with Crippen LogP contribution in [0, 0.1) is 0 Å². The summed E-state index contributed by atoms with van der Waals surface area (Å²) in [5.41, 5.74) is 6.17. The molecule has 0 unspecified atom stereocenters. The molecular formula is C8H10N4O. The van der Waals surface area contributed by atoms with Crippen LogP contribution in [0.5, 0.6) is 0 Å². The fourth-order valence-electron chi connectivity index (χ4n) is 1.08. The van der Waals surface area contributed by atoms with Gasteiger partial charge in [-0.05, 0) is 13.0 Å². The Balaban J connectivity index is 2.35. The number of hydrogen-bond acceptors (Lipinski definition) is 4. The Morgan fingerprint density at radius 1 is 1.62 bits per heavy atom. The summed E-state index contributed by atoms with van der Waals surface area (Å²) in [5, 5.41) is 7.82. The van der Waals surface area contributed by atoms with Crippen LogP contribution >= 0.6 is 0 Å². The number of rotatable bonds is 2. The fourth-order valence-corrected chi connectivity index (χ4v) is 1.08. The minimum atomic E-state index is 0.376. The zero-order chi connectivity index (χ0) is 9.26. The van der Waals surface area contributed by atoms with Crippen LogP contribution in [-0.4, -0.2) is 14.9 Å². The van der Waals surface area contributed by atoms with Crippen LogP contribution < -0.4 is 5.73 Å². The van der Waals surface area contributed by atoms with E-state index in [1.54, 1.807) is 6.07 Å². The SMILES string of the molecule is CCn1ccc(-c2cc(N)no2)n1. The summed E-state index contributed by atoms with van der Waals surface area (Å²) in [6, 6.07) is 3.52. The van der Waals surface area contributed by atoms with Crippen LogP contribution in [0.25, 0.3) is 11.5 Å². The summed E-state index contributed by atoms with van der Waals surface area (Å²) in [7, 11) is 0. The summed E-state index contributed by atoms with van der Waals surface area (Å²) in [6.45, 7) is 2.86. The highest BCUT2D eigenvalue weighted by Gasteiger charge is 2.06. The van der Waals surface area contributed by atoms with Crippen LogP contribution in [-0.2, 0) is 6.54 Å². The van der Waals surface area contributed by atoms with Gasteiger partial charge in [-0.2, -0.15) is 5.10 Å². The van der Waals surface area contributed by atoms with Crippen LogP contribution in [0.1, 0.15) is 6.92 Å². The van der Waals surface area contributed by atoms with Gasteiger partial charge < -0.3 is 10.3 Å². The summed E-state index contributed by atoms with van der Waals surface area (Å²) < 4.78 is 6.77. The molecule has 0 aromatic carbocycles. The molecule has 0 saturated carbocycles. The molecule has 0 fully saturated rings. The second-order valence-electron chi connectivity index (χ2n) is 2.67. The molecule has 2 aromatic rings. The van der Waals surface area contributed by atoms with Crippen LogP contribution in [0.3, 0.4) is 0 Å². The van der Waals surface area contributed by atoms with E-state index in [1.807, 2.05) is 23.9 Å². The van der Waals surface area contributed by atoms with E-state index in [4.69, 9.17) is 10.3 Å². The van der Waals surface area contributed by atoms with Gasteiger partial charge in [0.25, 0.3) is 0 Å². The zero-order valence-electron chi connectivity index (χ0n) is 7.27. The van der Waals surface area contributed by atoms with Crippen molar-refractivity contribution in [2.24, 2.45) is 0 Å². The molecule has 0 aliphatic rings. The van der Waals surface area contributed by atoms with E-state index in [-0.39, 0.29) is 0 Å². The van der Waals surface area contributed by atoms with Gasteiger partial charge in [-0.15, -0.1) is 0 Å². The van der Waals surface area contributed by atoms with E-state index in [1.165, 1.54) is 0 Å². The van der Waals surface area contributed by atoms with E-state index in [0.29, 0.717) is 11.6 Å². The molecule has 0 atom stereocenters. The number of nitrogen functional groups attached to an aromatic ring is 1. The van der Waals surface area contributed by atoms with Gasteiger partial charge in [0.1, 0.15) is 5.69 Å². The molecule has 2 aromatic heterocycles. The second-order valence-corrected chi connectivity index (χ2v) is 2.67. The minimum absolute atomic E-state index is 0.376. The Hall–Kier alpha value is -1.78. The van der Waals surface area contributed by atoms with Gasteiger partial charge in [-0.25, -0.2) is 0 Å². The molecule has 2 N–H and O–H groups in total. The van der Waals surface area contributed by atoms with E-state index < -0.39 is 0 Å². The highest BCUT2D eigenvalue weighted by Crippen LogP contribution is 2.18. The first-order valence-electron chi connectivity index (χ1n) is 4.05. The highest BCUT2D eigenvalue weighted by atomic mass is 16.5. The van der Waals surface area contributed by atoms with Gasteiger partial charge in [0.2, 0.25) is 0 Å². The van der Waals surface area contributed by atoms with Crippen molar-refractivity contribution in [2.45, 2.75) is 13.5 Å². The highest BCUT2D eigenvalue weighted by molar-refractivity contribution is 5.54. The van der Waals surface area contributed by atoms with Crippen LogP contribution in [0.15, 0.2) is 22.9 Å². The average Bonchev–Trinajstić information content (AvgIpc) is 2.71. The summed E-state index contributed by atoms with van der Waals surface area (Å²) in [6.07, 6.45) is 1.88. The predicted molar refractivity (Wildman–Crippen MR) is 47.8 cm³/mol. The molecule has 13 heavy (non-hydrogen) atoms. The van der Waals surface area contributed by atoms with E-state index in [9.17, 15) is 0 Å². The van der Waals surface area contributed by atoms with Gasteiger partial charge in [0, 0.05) is 18.8 Å². The average molecular weight is 178 g/mol. The molecule has 0 saturated heterocycles. The lowest BCUT2D eigenvalue weighted by molar-refractivity contribution is 0.433. The topological polar surface area (TPSA) is 69.9 Å². The molecule has 68 valence electrons. The fraction of sp³-hybridized carbons (Fsp3) is 0.250. The van der Waals surface area contributed by atoms with Crippen molar-refractivity contribution >= 4 is 5.82 Å². The van der Waals surface area contributed by atoms with Gasteiger partial charge in [-0.3, -0.25) is 4.68 Å². The number of anilines is 1. The number of aromatic nitrogens is 3. The Bertz CT molecular complexity index is 404. The standard InChI is InChI=1S/C8H10N4O/c1-2-12-4-3-6(10-12)7-5-8(9)11-13-7/h3-5H,2H2,1H3,(H2,9,11). The first-order valence-corrected chi connectivity index (χ1v) is 4.05. The van der Waals surface area contributed by atoms with Crippen molar-refractivity contribution in [3.63, 3.8) is 0 Å². The largest absolute Gasteiger partial charge is 0.381 e. The smallest absolute Gasteiger partial charge is 0.189 e. The minimum Gasteiger partial charge on any atom is -0.381 e. The molecule has 0 aliphatic heterocycles. The Labute approximate surface area is 75.1 Å². The third-order valence-electron chi connectivity index (χ3n) is 1.75. The van der Waals surface area contributed by atoms with Gasteiger partial charge in [0.15, 0.2) is 11.6 Å². The quantitative estimate of drug-likeness (QED) is 0.748. The van der Waals surface area contributed by atoms with E-state index in [0.717, 1.165) is 12.2 Å². The second kappa shape index (κ2) is 2.93. The van der Waals surface area contributed by atoms with Crippen LogP contribution in [0.4, 0.5) is 5.82 Å². The molecule has 2 heterocycles. The van der Waals surface area contributed by atoms with Crippen molar-refractivity contribution < 1.29 is 4.52 Å². The third kappa shape index (κ3) is 1.40. The molecule has 0 spiro atoms. The van der Waals surface area contributed by atoms with Gasteiger partial charge in [0.05, 0.1) is 0 Å². The molecular weight excluding hydrogens is 168 g/mol. The van der Waals surface area contributed by atoms with E-state index >= 15 is 0 Å². The zero-order valence-corrected chi connectivity index (χ0v) is 7.27. The first kappa shape index (κ1) is 7.85. The molecule has 0 radical (unpaired) electrons. The Morgan fingerprint density at radius 2 is 2.46 bits per heavy atom. The molecule has 5 nitrogen and oxygen atoms in total. The van der Waals surface area contributed by atoms with E-state index in [2.05, 4.69) is 10.3 Å². The maximum absolute atomic E-state index is 5.42. The molecule has 0 bridgehead atoms. The Kier molecular flexibility index (Phi) is 1.77. The summed E-state index contributed by atoms with van der Waals surface area (Å²) >= 11 is 0. The number of aryl methyl sites for hydroxylation is 1. The first-order chi connectivity index (χ1) is 6.29. The number of nitrogens with two attached hydrogens (primary N) is 1. The van der Waals surface area contributed by atoms with Gasteiger partial charge >= 0.3 is 0 Å². The molecule has 0 aliphatic carbocycles. The van der Waals surface area contributed by atoms with Crippen molar-refractivity contribution in [1.82, 2.24) is 14.9 Å². The predicted octanol–water partition coefficient (Wildman–Crippen LogP) is 1.14. The Morgan fingerprint density at radius 3 is 3.00 bits per heavy atom. The lowest BCUT2D eigenvalue weighted by Gasteiger charge is -1.90. The summed E-state index contributed by atoms with van der Waals surface area (Å²) in [5.74, 6) is 0.978. The molecule has 0 amide bonds. The van der Waals surface area contributed by atoms with Crippen molar-refractivity contribution in [3.8, 4) is 11.5 Å². The van der Waals surface area contributed by atoms with Gasteiger partial charge in [-0.1, -0.05) is 5.16 Å². The molecule has 2 rings (SSSR count). The summed E-state index contributed by atoms with van der Waals surface area (Å²) in [4.78, 5) is 0. The number of hydrogen-bond donors (Lipinski definition) is 1. The normalized spacial score (nSPS) is 10.5. The number of nitrogens with zero attached hydrogens (tertiary/aromatic N) is 3. The maximum atomic E-state index is 5.42. The molecule has 5 heteroatoms. The van der Waals surface area contributed by atoms with Crippen molar-refractivity contribution in [2.75, 3.05) is 5.73 Å². The maximum Gasteiger partial charge on any atom is 0.189 e.